The second-order valence-corrected chi connectivity index (χ2v) is 12.7. The number of carbonyl (C=O) groups excluding carboxylic acids is 1. The van der Waals surface area contributed by atoms with Gasteiger partial charge in [-0.25, -0.2) is 8.42 Å². The van der Waals surface area contributed by atoms with E-state index >= 15 is 0 Å². The lowest BCUT2D eigenvalue weighted by Crippen LogP contribution is -2.60. The number of furan rings is 1. The molecule has 1 aliphatic rings. The van der Waals surface area contributed by atoms with E-state index in [0.717, 1.165) is 14.7 Å². The van der Waals surface area contributed by atoms with Crippen molar-refractivity contribution in [2.45, 2.75) is 38.1 Å². The summed E-state index contributed by atoms with van der Waals surface area (Å²) in [7, 11) is -2.95. The SMILES string of the molecule is COc1c(I)ccc2oc(C(=O)NC3(S(=O)(=O)N[C@H](C(=O)O)C(C)C)C=CC(c4ccccc4)=CC3)c(C)c12. The molecule has 9 nitrogen and oxygen atoms in total. The minimum atomic E-state index is -4.47. The molecule has 0 spiro atoms. The normalized spacial score (nSPS) is 18.2. The van der Waals surface area contributed by atoms with E-state index in [1.54, 1.807) is 45.1 Å². The van der Waals surface area contributed by atoms with E-state index in [1.807, 2.05) is 30.3 Å². The Labute approximate surface area is 240 Å². The number of aliphatic carboxylic acids is 1. The molecule has 1 aliphatic carbocycles. The summed E-state index contributed by atoms with van der Waals surface area (Å²) in [4.78, 5) is 23.5. The summed E-state index contributed by atoms with van der Waals surface area (Å²) in [5.74, 6) is -2.13. The first-order valence-corrected chi connectivity index (χ1v) is 14.7. The van der Waals surface area contributed by atoms with Crippen molar-refractivity contribution in [1.29, 1.82) is 0 Å². The number of amides is 1. The third kappa shape index (κ3) is 5.48. The Bertz CT molecular complexity index is 1590. The maximum absolute atomic E-state index is 13.8. The Kier molecular flexibility index (Phi) is 8.24. The lowest BCUT2D eigenvalue weighted by Gasteiger charge is -2.34. The Hall–Kier alpha value is -3.16. The van der Waals surface area contributed by atoms with Gasteiger partial charge in [-0.15, -0.1) is 0 Å². The number of ether oxygens (including phenoxy) is 1. The van der Waals surface area contributed by atoms with Crippen molar-refractivity contribution in [3.63, 3.8) is 0 Å². The molecule has 39 heavy (non-hydrogen) atoms. The first-order chi connectivity index (χ1) is 18.4. The number of sulfonamides is 1. The molecule has 3 N–H and O–H groups in total. The monoisotopic (exact) mass is 664 g/mol. The summed E-state index contributed by atoms with van der Waals surface area (Å²) in [6.07, 6.45) is 4.56. The van der Waals surface area contributed by atoms with Crippen LogP contribution in [-0.4, -0.2) is 43.4 Å². The third-order valence-electron chi connectivity index (χ3n) is 6.69. The highest BCUT2D eigenvalue weighted by molar-refractivity contribution is 14.1. The number of aryl methyl sites for hydroxylation is 1. The van der Waals surface area contributed by atoms with Crippen molar-refractivity contribution >= 4 is 61.0 Å². The fourth-order valence-corrected chi connectivity index (χ4v) is 6.88. The van der Waals surface area contributed by atoms with E-state index in [4.69, 9.17) is 9.15 Å². The van der Waals surface area contributed by atoms with E-state index in [1.165, 1.54) is 13.2 Å². The predicted molar refractivity (Wildman–Crippen MR) is 157 cm³/mol. The molecule has 1 heterocycles. The van der Waals surface area contributed by atoms with Crippen LogP contribution in [0.25, 0.3) is 16.5 Å². The van der Waals surface area contributed by atoms with Gasteiger partial charge >= 0.3 is 5.97 Å². The van der Waals surface area contributed by atoms with Gasteiger partial charge in [0.25, 0.3) is 5.91 Å². The number of carboxylic acids is 1. The summed E-state index contributed by atoms with van der Waals surface area (Å²) >= 11 is 2.12. The quantitative estimate of drug-likeness (QED) is 0.279. The van der Waals surface area contributed by atoms with Crippen LogP contribution in [0, 0.1) is 16.4 Å². The van der Waals surface area contributed by atoms with Crippen LogP contribution in [0.4, 0.5) is 0 Å². The third-order valence-corrected chi connectivity index (χ3v) is 9.47. The molecule has 0 saturated heterocycles. The van der Waals surface area contributed by atoms with E-state index in [0.29, 0.717) is 22.3 Å². The van der Waals surface area contributed by atoms with Crippen LogP contribution in [0.3, 0.4) is 0 Å². The average Bonchev–Trinajstić information content (AvgIpc) is 3.24. The number of hydrogen-bond acceptors (Lipinski definition) is 6. The Morgan fingerprint density at radius 2 is 1.85 bits per heavy atom. The van der Waals surface area contributed by atoms with Gasteiger partial charge in [-0.1, -0.05) is 56.3 Å². The zero-order valence-corrected chi connectivity index (χ0v) is 24.8. The molecule has 3 aromatic rings. The molecule has 4 rings (SSSR count). The Morgan fingerprint density at radius 3 is 2.41 bits per heavy atom. The lowest BCUT2D eigenvalue weighted by atomic mass is 9.96. The van der Waals surface area contributed by atoms with Crippen LogP contribution in [0.5, 0.6) is 5.75 Å². The molecule has 0 saturated carbocycles. The molecule has 0 bridgehead atoms. The fraction of sp³-hybridized carbons (Fsp3) is 0.286. The number of carbonyl (C=O) groups is 2. The van der Waals surface area contributed by atoms with Crippen LogP contribution in [0.2, 0.25) is 0 Å². The second kappa shape index (κ2) is 11.1. The summed E-state index contributed by atoms with van der Waals surface area (Å²) in [6, 6.07) is 11.5. The van der Waals surface area contributed by atoms with E-state index < -0.39 is 38.7 Å². The number of rotatable bonds is 9. The first-order valence-electron chi connectivity index (χ1n) is 12.2. The van der Waals surface area contributed by atoms with Crippen molar-refractivity contribution in [3.05, 3.63) is 81.1 Å². The number of allylic oxidation sites excluding steroid dienone is 2. The van der Waals surface area contributed by atoms with E-state index in [9.17, 15) is 23.1 Å². The maximum Gasteiger partial charge on any atom is 0.321 e. The number of hydrogen-bond donors (Lipinski definition) is 3. The molecule has 0 aliphatic heterocycles. The van der Waals surface area contributed by atoms with Crippen molar-refractivity contribution in [3.8, 4) is 5.75 Å². The van der Waals surface area contributed by atoms with Gasteiger partial charge < -0.3 is 19.6 Å². The van der Waals surface area contributed by atoms with E-state index in [2.05, 4.69) is 32.6 Å². The van der Waals surface area contributed by atoms with Crippen LogP contribution in [-0.2, 0) is 14.8 Å². The Morgan fingerprint density at radius 1 is 1.15 bits per heavy atom. The molecule has 1 amide bonds. The fourth-order valence-electron chi connectivity index (χ4n) is 4.51. The highest BCUT2D eigenvalue weighted by Gasteiger charge is 2.46. The second-order valence-electron chi connectivity index (χ2n) is 9.60. The van der Waals surface area contributed by atoms with Crippen molar-refractivity contribution < 1.29 is 32.3 Å². The van der Waals surface area contributed by atoms with Gasteiger partial charge in [-0.05, 0) is 64.8 Å². The molecule has 11 heteroatoms. The lowest BCUT2D eigenvalue weighted by molar-refractivity contribution is -0.140. The molecule has 0 fully saturated rings. The molecular formula is C28H29IN2O7S. The van der Waals surface area contributed by atoms with Crippen LogP contribution < -0.4 is 14.8 Å². The number of carboxylic acid groups (broad SMARTS) is 1. The topological polar surface area (TPSA) is 135 Å². The van der Waals surface area contributed by atoms with Gasteiger partial charge in [0.1, 0.15) is 17.4 Å². The summed E-state index contributed by atoms with van der Waals surface area (Å²) in [5.41, 5.74) is 2.55. The van der Waals surface area contributed by atoms with E-state index in [-0.39, 0.29) is 12.2 Å². The molecule has 1 aromatic heterocycles. The van der Waals surface area contributed by atoms with Gasteiger partial charge in [0.05, 0.1) is 16.1 Å². The van der Waals surface area contributed by atoms with Gasteiger partial charge in [0.2, 0.25) is 10.0 Å². The zero-order chi connectivity index (χ0) is 28.5. The smallest absolute Gasteiger partial charge is 0.321 e. The summed E-state index contributed by atoms with van der Waals surface area (Å²) in [5, 5.41) is 12.9. The average molecular weight is 665 g/mol. The maximum atomic E-state index is 13.8. The Balaban J connectivity index is 1.77. The molecular weight excluding hydrogens is 635 g/mol. The van der Waals surface area contributed by atoms with Crippen LogP contribution >= 0.6 is 22.6 Å². The molecule has 2 aromatic carbocycles. The van der Waals surface area contributed by atoms with Gasteiger partial charge in [0, 0.05) is 12.0 Å². The number of benzene rings is 2. The molecule has 206 valence electrons. The predicted octanol–water partition coefficient (Wildman–Crippen LogP) is 4.85. The largest absolute Gasteiger partial charge is 0.495 e. The number of halogens is 1. The number of methoxy groups -OCH3 is 1. The van der Waals surface area contributed by atoms with Crippen molar-refractivity contribution in [2.24, 2.45) is 5.92 Å². The molecule has 0 radical (unpaired) electrons. The summed E-state index contributed by atoms with van der Waals surface area (Å²) < 4.78 is 42.1. The minimum Gasteiger partial charge on any atom is -0.495 e. The number of fused-ring (bicyclic) bond motifs is 1. The van der Waals surface area contributed by atoms with Crippen molar-refractivity contribution in [2.75, 3.05) is 7.11 Å². The van der Waals surface area contributed by atoms with Gasteiger partial charge in [-0.3, -0.25) is 9.59 Å². The molecule has 2 atom stereocenters. The highest BCUT2D eigenvalue weighted by Crippen LogP contribution is 2.37. The zero-order valence-electron chi connectivity index (χ0n) is 21.8. The van der Waals surface area contributed by atoms with Crippen LogP contribution in [0.15, 0.2) is 65.1 Å². The number of nitrogens with one attached hydrogen (secondary N) is 2. The summed E-state index contributed by atoms with van der Waals surface area (Å²) in [6.45, 7) is 4.90. The first kappa shape index (κ1) is 28.8. The highest BCUT2D eigenvalue weighted by atomic mass is 127. The van der Waals surface area contributed by atoms with Gasteiger partial charge in [0.15, 0.2) is 10.6 Å². The van der Waals surface area contributed by atoms with Crippen LogP contribution in [0.1, 0.15) is 41.9 Å². The van der Waals surface area contributed by atoms with Crippen molar-refractivity contribution in [1.82, 2.24) is 10.0 Å². The molecule has 1 unspecified atom stereocenters. The standard InChI is InChI=1S/C28H29IN2O7S/c1-16(2)23(27(33)34)31-39(35,36)28(14-12-19(13-15-28)18-8-6-5-7-9-18)30-26(32)24-17(3)22-21(38-24)11-10-20(29)25(22)37-4/h5-14,16,23,31H,15H2,1-4H3,(H,30,32)(H,33,34)/t23-,28?/m0/s1. The van der Waals surface area contributed by atoms with Gasteiger partial charge in [-0.2, -0.15) is 4.72 Å². The minimum absolute atomic E-state index is 0.0650.